The van der Waals surface area contributed by atoms with Gasteiger partial charge in [-0.2, -0.15) is 13.2 Å². The summed E-state index contributed by atoms with van der Waals surface area (Å²) in [6, 6.07) is 9.81. The van der Waals surface area contributed by atoms with Gasteiger partial charge in [-0.1, -0.05) is 18.2 Å². The number of aromatic hydroxyl groups is 1. The average molecular weight is 297 g/mol. The van der Waals surface area contributed by atoms with Gasteiger partial charge in [0, 0.05) is 6.54 Å². The zero-order chi connectivity index (χ0) is 15.5. The second kappa shape index (κ2) is 6.05. The predicted octanol–water partition coefficient (Wildman–Crippen LogP) is 3.45. The van der Waals surface area contributed by atoms with Crippen LogP contribution in [0.1, 0.15) is 16.7 Å². The molecule has 0 atom stereocenters. The Labute approximate surface area is 119 Å². The van der Waals surface area contributed by atoms with Gasteiger partial charge in [-0.15, -0.1) is 0 Å². The van der Waals surface area contributed by atoms with E-state index in [2.05, 4.69) is 0 Å². The number of hydrogen-bond acceptors (Lipinski definition) is 3. The van der Waals surface area contributed by atoms with Gasteiger partial charge >= 0.3 is 6.18 Å². The van der Waals surface area contributed by atoms with Gasteiger partial charge in [-0.05, 0) is 35.4 Å². The molecule has 0 aliphatic heterocycles. The average Bonchev–Trinajstić information content (AvgIpc) is 2.45. The van der Waals surface area contributed by atoms with Crippen LogP contribution in [0, 0.1) is 0 Å². The number of alkyl halides is 3. The van der Waals surface area contributed by atoms with Crippen molar-refractivity contribution in [1.29, 1.82) is 0 Å². The number of hydrogen-bond donors (Lipinski definition) is 2. The Bertz CT molecular complexity index is 609. The fraction of sp³-hybridized carbons (Fsp3) is 0.200. The lowest BCUT2D eigenvalue weighted by atomic mass is 10.1. The lowest BCUT2D eigenvalue weighted by Gasteiger charge is -2.15. The molecule has 6 heteroatoms. The van der Waals surface area contributed by atoms with Crippen LogP contribution in [0.25, 0.3) is 0 Å². The molecule has 0 saturated heterocycles. The fourth-order valence-corrected chi connectivity index (χ4v) is 1.80. The van der Waals surface area contributed by atoms with Crippen molar-refractivity contribution in [3.8, 4) is 11.5 Å². The fourth-order valence-electron chi connectivity index (χ4n) is 1.80. The van der Waals surface area contributed by atoms with Gasteiger partial charge in [0.05, 0.1) is 5.56 Å². The normalized spacial score (nSPS) is 11.4. The summed E-state index contributed by atoms with van der Waals surface area (Å²) in [6.07, 6.45) is -4.50. The number of nitrogens with two attached hydrogens (primary N) is 1. The van der Waals surface area contributed by atoms with Crippen LogP contribution in [0.4, 0.5) is 13.2 Å². The van der Waals surface area contributed by atoms with Crippen molar-refractivity contribution in [2.24, 2.45) is 5.73 Å². The summed E-state index contributed by atoms with van der Waals surface area (Å²) in [5.41, 5.74) is 5.56. The van der Waals surface area contributed by atoms with E-state index in [1.54, 1.807) is 12.1 Å². The molecule has 112 valence electrons. The van der Waals surface area contributed by atoms with Crippen molar-refractivity contribution in [2.75, 3.05) is 0 Å². The molecule has 2 aromatic rings. The first-order chi connectivity index (χ1) is 9.90. The Kier molecular flexibility index (Phi) is 4.37. The molecule has 0 aliphatic rings. The highest BCUT2D eigenvalue weighted by molar-refractivity contribution is 5.39. The Balaban J connectivity index is 2.21. The van der Waals surface area contributed by atoms with E-state index in [9.17, 15) is 13.2 Å². The van der Waals surface area contributed by atoms with Crippen LogP contribution >= 0.6 is 0 Å². The van der Waals surface area contributed by atoms with Crippen LogP contribution in [0.15, 0.2) is 42.5 Å². The molecular weight excluding hydrogens is 283 g/mol. The standard InChI is InChI=1S/C15H14F3NO2/c16-15(17,18)13-7-11(8-19)3-6-14(13)21-9-10-1-4-12(20)5-2-10/h1-7,20H,8-9,19H2. The van der Waals surface area contributed by atoms with Crippen molar-refractivity contribution in [1.82, 2.24) is 0 Å². The topological polar surface area (TPSA) is 55.5 Å². The van der Waals surface area contributed by atoms with Crippen molar-refractivity contribution < 1.29 is 23.0 Å². The molecule has 0 saturated carbocycles. The van der Waals surface area contributed by atoms with Crippen molar-refractivity contribution in [3.05, 3.63) is 59.2 Å². The van der Waals surface area contributed by atoms with Crippen molar-refractivity contribution >= 4 is 0 Å². The van der Waals surface area contributed by atoms with Crippen molar-refractivity contribution in [3.63, 3.8) is 0 Å². The summed E-state index contributed by atoms with van der Waals surface area (Å²) in [7, 11) is 0. The van der Waals surface area contributed by atoms with Crippen LogP contribution in [-0.4, -0.2) is 5.11 Å². The van der Waals surface area contributed by atoms with Crippen LogP contribution in [-0.2, 0) is 19.3 Å². The van der Waals surface area contributed by atoms with E-state index in [1.807, 2.05) is 0 Å². The molecule has 0 spiro atoms. The smallest absolute Gasteiger partial charge is 0.419 e. The molecule has 0 heterocycles. The molecule has 21 heavy (non-hydrogen) atoms. The number of halogens is 3. The van der Waals surface area contributed by atoms with E-state index in [0.717, 1.165) is 6.07 Å². The molecule has 3 N–H and O–H groups in total. The van der Waals surface area contributed by atoms with Crippen molar-refractivity contribution in [2.45, 2.75) is 19.3 Å². The number of phenolic OH excluding ortho intramolecular Hbond substituents is 1. The van der Waals surface area contributed by atoms with Crippen LogP contribution in [0.5, 0.6) is 11.5 Å². The SMILES string of the molecule is NCc1ccc(OCc2ccc(O)cc2)c(C(F)(F)F)c1. The second-order valence-electron chi connectivity index (χ2n) is 4.49. The molecule has 0 amide bonds. The highest BCUT2D eigenvalue weighted by Crippen LogP contribution is 2.37. The van der Waals surface area contributed by atoms with Gasteiger partial charge in [-0.25, -0.2) is 0 Å². The molecule has 3 nitrogen and oxygen atoms in total. The minimum absolute atomic E-state index is 0.0225. The van der Waals surface area contributed by atoms with Gasteiger partial charge in [0.15, 0.2) is 0 Å². The van der Waals surface area contributed by atoms with Crippen LogP contribution < -0.4 is 10.5 Å². The molecule has 0 radical (unpaired) electrons. The molecule has 0 unspecified atom stereocenters. The zero-order valence-corrected chi connectivity index (χ0v) is 11.0. The maximum absolute atomic E-state index is 13.0. The van der Waals surface area contributed by atoms with Gasteiger partial charge in [0.25, 0.3) is 0 Å². The molecule has 0 aliphatic carbocycles. The number of phenols is 1. The molecule has 0 bridgehead atoms. The van der Waals surface area contributed by atoms with E-state index < -0.39 is 11.7 Å². The molecule has 0 aromatic heterocycles. The second-order valence-corrected chi connectivity index (χ2v) is 4.49. The molecule has 0 fully saturated rings. The summed E-state index contributed by atoms with van der Waals surface area (Å²) in [5, 5.41) is 9.15. The van der Waals surface area contributed by atoms with Gasteiger partial charge < -0.3 is 15.6 Å². The number of rotatable bonds is 4. The minimum Gasteiger partial charge on any atom is -0.508 e. The van der Waals surface area contributed by atoms with E-state index in [4.69, 9.17) is 15.6 Å². The Morgan fingerprint density at radius 3 is 2.19 bits per heavy atom. The van der Waals surface area contributed by atoms with Gasteiger partial charge in [0.1, 0.15) is 18.1 Å². The number of ether oxygens (including phenoxy) is 1. The summed E-state index contributed by atoms with van der Waals surface area (Å²) in [4.78, 5) is 0. The van der Waals surface area contributed by atoms with Gasteiger partial charge in [0.2, 0.25) is 0 Å². The third kappa shape index (κ3) is 3.88. The van der Waals surface area contributed by atoms with Gasteiger partial charge in [-0.3, -0.25) is 0 Å². The summed E-state index contributed by atoms with van der Waals surface area (Å²) in [5.74, 6) is -0.158. The monoisotopic (exact) mass is 297 g/mol. The van der Waals surface area contributed by atoms with E-state index in [0.29, 0.717) is 11.1 Å². The summed E-state index contributed by atoms with van der Waals surface area (Å²) >= 11 is 0. The first kappa shape index (κ1) is 15.2. The molecule has 2 rings (SSSR count). The Morgan fingerprint density at radius 1 is 1.00 bits per heavy atom. The molecular formula is C15H14F3NO2. The lowest BCUT2D eigenvalue weighted by molar-refractivity contribution is -0.139. The third-order valence-electron chi connectivity index (χ3n) is 2.92. The lowest BCUT2D eigenvalue weighted by Crippen LogP contribution is -2.10. The molecule has 2 aromatic carbocycles. The quantitative estimate of drug-likeness (QED) is 0.908. The van der Waals surface area contributed by atoms with E-state index in [-0.39, 0.29) is 24.7 Å². The number of benzene rings is 2. The third-order valence-corrected chi connectivity index (χ3v) is 2.92. The Hall–Kier alpha value is -2.21. The predicted molar refractivity (Wildman–Crippen MR) is 71.8 cm³/mol. The highest BCUT2D eigenvalue weighted by Gasteiger charge is 2.34. The highest BCUT2D eigenvalue weighted by atomic mass is 19.4. The van der Waals surface area contributed by atoms with E-state index >= 15 is 0 Å². The van der Waals surface area contributed by atoms with E-state index in [1.165, 1.54) is 24.3 Å². The first-order valence-corrected chi connectivity index (χ1v) is 6.21. The van der Waals surface area contributed by atoms with Crippen LogP contribution in [0.2, 0.25) is 0 Å². The maximum atomic E-state index is 13.0. The minimum atomic E-state index is -4.50. The Morgan fingerprint density at radius 2 is 1.62 bits per heavy atom. The first-order valence-electron chi connectivity index (χ1n) is 6.21. The zero-order valence-electron chi connectivity index (χ0n) is 11.0. The van der Waals surface area contributed by atoms with Crippen LogP contribution in [0.3, 0.4) is 0 Å². The summed E-state index contributed by atoms with van der Waals surface area (Å²) in [6.45, 7) is 0.00660. The summed E-state index contributed by atoms with van der Waals surface area (Å²) < 4.78 is 44.2. The maximum Gasteiger partial charge on any atom is 0.419 e. The largest absolute Gasteiger partial charge is 0.508 e.